The summed E-state index contributed by atoms with van der Waals surface area (Å²) in [5.41, 5.74) is 1.01. The van der Waals surface area contributed by atoms with Crippen molar-refractivity contribution in [1.29, 1.82) is 0 Å². The van der Waals surface area contributed by atoms with E-state index in [0.717, 1.165) is 23.0 Å². The highest BCUT2D eigenvalue weighted by Crippen LogP contribution is 2.25. The molecule has 162 valence electrons. The molecule has 0 radical (unpaired) electrons. The van der Waals surface area contributed by atoms with E-state index in [2.05, 4.69) is 10.3 Å². The van der Waals surface area contributed by atoms with Crippen molar-refractivity contribution in [2.45, 2.75) is 19.9 Å². The van der Waals surface area contributed by atoms with Gasteiger partial charge in [0, 0.05) is 51.9 Å². The number of hydrogen-bond acceptors (Lipinski definition) is 5. The van der Waals surface area contributed by atoms with Crippen molar-refractivity contribution in [2.24, 2.45) is 4.99 Å². The fourth-order valence-electron chi connectivity index (χ4n) is 2.71. The predicted octanol–water partition coefficient (Wildman–Crippen LogP) is 2.00. The van der Waals surface area contributed by atoms with Crippen molar-refractivity contribution in [1.82, 2.24) is 14.5 Å². The van der Waals surface area contributed by atoms with Crippen LogP contribution in [0.4, 0.5) is 0 Å². The van der Waals surface area contributed by atoms with Gasteiger partial charge in [0.25, 0.3) is 0 Å². The molecule has 0 aliphatic rings. The number of benzene rings is 1. The largest absolute Gasteiger partial charge is 0.497 e. The Bertz CT molecular complexity index is 728. The fourth-order valence-corrected chi connectivity index (χ4v) is 3.64. The predicted molar refractivity (Wildman–Crippen MR) is 124 cm³/mol. The highest BCUT2D eigenvalue weighted by atomic mass is 127. The number of nitrogens with zero attached hydrogens (tertiary/aromatic N) is 3. The van der Waals surface area contributed by atoms with Crippen LogP contribution in [0.5, 0.6) is 11.5 Å². The lowest BCUT2D eigenvalue weighted by Gasteiger charge is -2.24. The number of hydrogen-bond donors (Lipinski definition) is 1. The number of halogens is 1. The quantitative estimate of drug-likeness (QED) is 0.217. The first-order chi connectivity index (χ1) is 12.8. The summed E-state index contributed by atoms with van der Waals surface area (Å²) in [6, 6.07) is 5.71. The molecule has 0 atom stereocenters. The second-order valence-corrected chi connectivity index (χ2v) is 8.10. The van der Waals surface area contributed by atoms with E-state index in [9.17, 15) is 8.42 Å². The molecular weight excluding hydrogens is 495 g/mol. The van der Waals surface area contributed by atoms with Crippen LogP contribution in [0.3, 0.4) is 0 Å². The molecule has 28 heavy (non-hydrogen) atoms. The first kappa shape index (κ1) is 26.7. The number of rotatable bonds is 10. The smallest absolute Gasteiger partial charge is 0.211 e. The van der Waals surface area contributed by atoms with Gasteiger partial charge in [-0.2, -0.15) is 0 Å². The summed E-state index contributed by atoms with van der Waals surface area (Å²) in [4.78, 5) is 6.28. The number of methoxy groups -OCH3 is 2. The minimum absolute atomic E-state index is 0. The molecular formula is C18H33IN4O4S. The summed E-state index contributed by atoms with van der Waals surface area (Å²) in [5.74, 6) is 2.23. The summed E-state index contributed by atoms with van der Waals surface area (Å²) >= 11 is 0. The second-order valence-electron chi connectivity index (χ2n) is 6.12. The second kappa shape index (κ2) is 13.0. The molecule has 0 spiro atoms. The normalized spacial score (nSPS) is 11.8. The van der Waals surface area contributed by atoms with E-state index >= 15 is 0 Å². The summed E-state index contributed by atoms with van der Waals surface area (Å²) in [6.07, 6.45) is 1.93. The van der Waals surface area contributed by atoms with Crippen LogP contribution in [0.2, 0.25) is 0 Å². The first-order valence-corrected chi connectivity index (χ1v) is 10.7. The third-order valence-electron chi connectivity index (χ3n) is 4.16. The van der Waals surface area contributed by atoms with Gasteiger partial charge in [-0.1, -0.05) is 6.92 Å². The molecule has 0 aliphatic heterocycles. The molecule has 0 unspecified atom stereocenters. The van der Waals surface area contributed by atoms with Gasteiger partial charge in [-0.15, -0.1) is 24.0 Å². The topological polar surface area (TPSA) is 83.5 Å². The highest BCUT2D eigenvalue weighted by molar-refractivity contribution is 14.0. The number of guanidine groups is 1. The number of sulfonamides is 1. The third-order valence-corrected chi connectivity index (χ3v) is 5.54. The zero-order chi connectivity index (χ0) is 20.4. The van der Waals surface area contributed by atoms with Crippen LogP contribution in [0.15, 0.2) is 23.2 Å². The maximum absolute atomic E-state index is 11.6. The summed E-state index contributed by atoms with van der Waals surface area (Å²) < 4.78 is 35.4. The van der Waals surface area contributed by atoms with E-state index in [0.29, 0.717) is 32.6 Å². The Morgan fingerprint density at radius 1 is 1.25 bits per heavy atom. The molecule has 0 aliphatic carbocycles. The van der Waals surface area contributed by atoms with Crippen molar-refractivity contribution in [3.8, 4) is 11.5 Å². The van der Waals surface area contributed by atoms with E-state index in [-0.39, 0.29) is 24.0 Å². The van der Waals surface area contributed by atoms with Crippen LogP contribution in [0, 0.1) is 0 Å². The standard InChI is InChI=1S/C18H32N4O4S.HI/c1-7-22(27(6,23)24)12-8-11-20-18(19-2)21(3)14-15-9-10-16(25-4)13-17(15)26-5;/h9-10,13H,7-8,11-12,14H2,1-6H3,(H,19,20);1H. The Kier molecular flexibility index (Phi) is 12.5. The van der Waals surface area contributed by atoms with E-state index in [1.165, 1.54) is 10.6 Å². The van der Waals surface area contributed by atoms with Gasteiger partial charge in [-0.05, 0) is 18.6 Å². The van der Waals surface area contributed by atoms with Crippen molar-refractivity contribution in [3.05, 3.63) is 23.8 Å². The summed E-state index contributed by atoms with van der Waals surface area (Å²) in [6.45, 7) is 4.03. The van der Waals surface area contributed by atoms with Crippen molar-refractivity contribution >= 4 is 40.0 Å². The highest BCUT2D eigenvalue weighted by Gasteiger charge is 2.14. The molecule has 0 saturated carbocycles. The third kappa shape index (κ3) is 8.39. The van der Waals surface area contributed by atoms with Crippen LogP contribution in [-0.2, 0) is 16.6 Å². The molecule has 1 N–H and O–H groups in total. The van der Waals surface area contributed by atoms with Crippen LogP contribution >= 0.6 is 24.0 Å². The van der Waals surface area contributed by atoms with Crippen molar-refractivity contribution in [3.63, 3.8) is 0 Å². The average Bonchev–Trinajstić information content (AvgIpc) is 2.63. The van der Waals surface area contributed by atoms with Gasteiger partial charge in [-0.3, -0.25) is 4.99 Å². The van der Waals surface area contributed by atoms with Gasteiger partial charge in [0.2, 0.25) is 10.0 Å². The number of nitrogens with one attached hydrogen (secondary N) is 1. The molecule has 0 bridgehead atoms. The van der Waals surface area contributed by atoms with Gasteiger partial charge in [0.15, 0.2) is 5.96 Å². The Labute approximate surface area is 186 Å². The van der Waals surface area contributed by atoms with Gasteiger partial charge < -0.3 is 19.7 Å². The molecule has 0 saturated heterocycles. The lowest BCUT2D eigenvalue weighted by Crippen LogP contribution is -2.40. The number of aliphatic imine (C=N–C) groups is 1. The van der Waals surface area contributed by atoms with Gasteiger partial charge in [0.05, 0.1) is 20.5 Å². The zero-order valence-corrected chi connectivity index (χ0v) is 20.7. The fraction of sp³-hybridized carbons (Fsp3) is 0.611. The van der Waals surface area contributed by atoms with Crippen LogP contribution in [0.1, 0.15) is 18.9 Å². The van der Waals surface area contributed by atoms with Crippen LogP contribution in [0.25, 0.3) is 0 Å². The lowest BCUT2D eigenvalue weighted by molar-refractivity contribution is 0.382. The van der Waals surface area contributed by atoms with E-state index in [1.807, 2.05) is 37.1 Å². The molecule has 0 aromatic heterocycles. The maximum atomic E-state index is 11.6. The monoisotopic (exact) mass is 528 g/mol. The number of ether oxygens (including phenoxy) is 2. The molecule has 1 aromatic carbocycles. The molecule has 0 amide bonds. The molecule has 0 fully saturated rings. The van der Waals surface area contributed by atoms with Gasteiger partial charge in [0.1, 0.15) is 11.5 Å². The Morgan fingerprint density at radius 3 is 2.43 bits per heavy atom. The molecule has 10 heteroatoms. The Hall–Kier alpha value is -1.27. The van der Waals surface area contributed by atoms with E-state index in [1.54, 1.807) is 21.3 Å². The van der Waals surface area contributed by atoms with Crippen molar-refractivity contribution in [2.75, 3.05) is 54.2 Å². The average molecular weight is 528 g/mol. The molecule has 1 rings (SSSR count). The van der Waals surface area contributed by atoms with E-state index < -0.39 is 10.0 Å². The zero-order valence-electron chi connectivity index (χ0n) is 17.6. The van der Waals surface area contributed by atoms with Crippen LogP contribution < -0.4 is 14.8 Å². The van der Waals surface area contributed by atoms with Crippen LogP contribution in [-0.4, -0.2) is 77.8 Å². The first-order valence-electron chi connectivity index (χ1n) is 8.84. The van der Waals surface area contributed by atoms with Gasteiger partial charge in [-0.25, -0.2) is 12.7 Å². The maximum Gasteiger partial charge on any atom is 0.211 e. The van der Waals surface area contributed by atoms with E-state index in [4.69, 9.17) is 9.47 Å². The lowest BCUT2D eigenvalue weighted by atomic mass is 10.2. The Balaban J connectivity index is 0.00000729. The minimum Gasteiger partial charge on any atom is -0.497 e. The van der Waals surface area contributed by atoms with Gasteiger partial charge >= 0.3 is 0 Å². The SMILES string of the molecule is CCN(CCCNC(=NC)N(C)Cc1ccc(OC)cc1OC)S(C)(=O)=O.I. The molecule has 1 aromatic rings. The summed E-state index contributed by atoms with van der Waals surface area (Å²) in [5, 5.41) is 3.27. The minimum atomic E-state index is -3.15. The van der Waals surface area contributed by atoms with Crippen molar-refractivity contribution < 1.29 is 17.9 Å². The molecule has 0 heterocycles. The molecule has 8 nitrogen and oxygen atoms in total. The Morgan fingerprint density at radius 2 is 1.93 bits per heavy atom. The summed E-state index contributed by atoms with van der Waals surface area (Å²) in [7, 11) is 3.76.